The van der Waals surface area contributed by atoms with E-state index >= 15 is 0 Å². The number of carbonyl (C=O) groups is 1. The molecule has 104 valence electrons. The van der Waals surface area contributed by atoms with Gasteiger partial charge in [-0.05, 0) is 26.8 Å². The van der Waals surface area contributed by atoms with Gasteiger partial charge in [-0.2, -0.15) is 0 Å². The maximum atomic E-state index is 12.0. The zero-order chi connectivity index (χ0) is 13.8. The van der Waals surface area contributed by atoms with Gasteiger partial charge >= 0.3 is 6.03 Å². The van der Waals surface area contributed by atoms with E-state index in [4.69, 9.17) is 10.9 Å². The largest absolute Gasteiger partial charge is 0.409 e. The fraction of sp³-hybridized carbons (Fsp3) is 0.818. The summed E-state index contributed by atoms with van der Waals surface area (Å²) in [5.41, 5.74) is 5.03. The molecule has 0 aromatic rings. The number of nitrogens with zero attached hydrogens (tertiary/aromatic N) is 3. The zero-order valence-electron chi connectivity index (χ0n) is 11.3. The Labute approximate surface area is 108 Å². The van der Waals surface area contributed by atoms with E-state index in [0.29, 0.717) is 19.4 Å². The monoisotopic (exact) mass is 257 g/mol. The van der Waals surface area contributed by atoms with E-state index < -0.39 is 5.54 Å². The van der Waals surface area contributed by atoms with Crippen LogP contribution in [0.15, 0.2) is 5.16 Å². The van der Waals surface area contributed by atoms with Crippen LogP contribution in [0.4, 0.5) is 4.79 Å². The van der Waals surface area contributed by atoms with Gasteiger partial charge in [0.15, 0.2) is 5.84 Å². The lowest BCUT2D eigenvalue weighted by molar-refractivity contribution is 0.173. The van der Waals surface area contributed by atoms with Gasteiger partial charge < -0.3 is 26.1 Å². The fourth-order valence-electron chi connectivity index (χ4n) is 1.98. The summed E-state index contributed by atoms with van der Waals surface area (Å²) in [6, 6.07) is -0.200. The van der Waals surface area contributed by atoms with Gasteiger partial charge in [-0.1, -0.05) is 5.16 Å². The highest BCUT2D eigenvalue weighted by molar-refractivity contribution is 5.93. The lowest BCUT2D eigenvalue weighted by Gasteiger charge is -2.40. The summed E-state index contributed by atoms with van der Waals surface area (Å²) < 4.78 is 0. The van der Waals surface area contributed by atoms with Gasteiger partial charge in [0, 0.05) is 26.7 Å². The van der Waals surface area contributed by atoms with E-state index in [0.717, 1.165) is 13.1 Å². The average molecular weight is 257 g/mol. The number of nitrogens with one attached hydrogen (secondary N) is 1. The highest BCUT2D eigenvalue weighted by Crippen LogP contribution is 2.22. The van der Waals surface area contributed by atoms with Crippen molar-refractivity contribution in [2.24, 2.45) is 10.9 Å². The SMILES string of the molecule is CCN(C)C(=O)NC1(C(N)=NO)CCN(C)CC1. The molecule has 7 heteroatoms. The van der Waals surface area contributed by atoms with Gasteiger partial charge in [0.25, 0.3) is 0 Å². The van der Waals surface area contributed by atoms with Crippen LogP contribution in [0.2, 0.25) is 0 Å². The first-order valence-corrected chi connectivity index (χ1v) is 6.15. The molecule has 7 nitrogen and oxygen atoms in total. The molecule has 4 N–H and O–H groups in total. The first-order chi connectivity index (χ1) is 8.45. The molecule has 0 bridgehead atoms. The first-order valence-electron chi connectivity index (χ1n) is 6.15. The smallest absolute Gasteiger partial charge is 0.317 e. The van der Waals surface area contributed by atoms with Crippen molar-refractivity contribution in [1.29, 1.82) is 0 Å². The molecule has 0 atom stereocenters. The fourth-order valence-corrected chi connectivity index (χ4v) is 1.98. The molecular formula is C11H23N5O2. The first kappa shape index (κ1) is 14.6. The molecule has 0 aliphatic carbocycles. The van der Waals surface area contributed by atoms with E-state index in [1.54, 1.807) is 11.9 Å². The van der Waals surface area contributed by atoms with Gasteiger partial charge in [-0.15, -0.1) is 0 Å². The number of amidine groups is 1. The molecule has 1 saturated heterocycles. The molecule has 1 fully saturated rings. The Hall–Kier alpha value is -1.50. The minimum absolute atomic E-state index is 0.0773. The Morgan fingerprint density at radius 3 is 2.56 bits per heavy atom. The maximum Gasteiger partial charge on any atom is 0.317 e. The molecule has 1 aliphatic heterocycles. The summed E-state index contributed by atoms with van der Waals surface area (Å²) >= 11 is 0. The number of nitrogens with two attached hydrogens (primary N) is 1. The molecule has 0 aromatic heterocycles. The van der Waals surface area contributed by atoms with Gasteiger partial charge in [0.05, 0.1) is 0 Å². The molecule has 0 unspecified atom stereocenters. The predicted molar refractivity (Wildman–Crippen MR) is 69.7 cm³/mol. The van der Waals surface area contributed by atoms with Crippen molar-refractivity contribution >= 4 is 11.9 Å². The summed E-state index contributed by atoms with van der Waals surface area (Å²) in [4.78, 5) is 15.7. The Balaban J connectivity index is 2.83. The number of oxime groups is 1. The molecule has 0 aromatic carbocycles. The minimum atomic E-state index is -0.734. The van der Waals surface area contributed by atoms with Gasteiger partial charge in [0.1, 0.15) is 5.54 Å². The summed E-state index contributed by atoms with van der Waals surface area (Å²) in [5.74, 6) is 0.0773. The molecule has 1 aliphatic rings. The molecule has 2 amide bonds. The van der Waals surface area contributed by atoms with E-state index in [1.807, 2.05) is 14.0 Å². The second-order valence-electron chi connectivity index (χ2n) is 4.81. The van der Waals surface area contributed by atoms with Crippen LogP contribution in [0.1, 0.15) is 19.8 Å². The molecule has 0 saturated carbocycles. The van der Waals surface area contributed by atoms with Crippen LogP contribution in [-0.4, -0.2) is 66.1 Å². The van der Waals surface area contributed by atoms with Crippen LogP contribution in [0.25, 0.3) is 0 Å². The Kier molecular flexibility index (Phi) is 4.77. The van der Waals surface area contributed by atoms with Crippen molar-refractivity contribution < 1.29 is 10.0 Å². The number of likely N-dealkylation sites (tertiary alicyclic amines) is 1. The number of amides is 2. The average Bonchev–Trinajstić information content (AvgIpc) is 2.39. The van der Waals surface area contributed by atoms with E-state index in [-0.39, 0.29) is 11.9 Å². The second kappa shape index (κ2) is 5.90. The second-order valence-corrected chi connectivity index (χ2v) is 4.81. The zero-order valence-corrected chi connectivity index (χ0v) is 11.3. The molecule has 18 heavy (non-hydrogen) atoms. The van der Waals surface area contributed by atoms with Crippen molar-refractivity contribution in [2.45, 2.75) is 25.3 Å². The van der Waals surface area contributed by atoms with Crippen LogP contribution < -0.4 is 11.1 Å². The highest BCUT2D eigenvalue weighted by Gasteiger charge is 2.40. The highest BCUT2D eigenvalue weighted by atomic mass is 16.4. The van der Waals surface area contributed by atoms with E-state index in [9.17, 15) is 4.79 Å². The standard InChI is InChI=1S/C11H23N5O2/c1-4-16(3)10(17)13-11(9(12)14-18)5-7-15(2)8-6-11/h18H,4-8H2,1-3H3,(H2,12,14)(H,13,17). The molecule has 0 radical (unpaired) electrons. The van der Waals surface area contributed by atoms with Crippen molar-refractivity contribution in [3.8, 4) is 0 Å². The summed E-state index contributed by atoms with van der Waals surface area (Å²) in [6.07, 6.45) is 1.28. The van der Waals surface area contributed by atoms with Crippen molar-refractivity contribution in [2.75, 3.05) is 33.7 Å². The maximum absolute atomic E-state index is 12.0. The molecular weight excluding hydrogens is 234 g/mol. The number of piperidine rings is 1. The number of hydrogen-bond acceptors (Lipinski definition) is 4. The van der Waals surface area contributed by atoms with Gasteiger partial charge in [-0.25, -0.2) is 4.79 Å². The Morgan fingerprint density at radius 1 is 1.56 bits per heavy atom. The van der Waals surface area contributed by atoms with Crippen molar-refractivity contribution in [3.63, 3.8) is 0 Å². The summed E-state index contributed by atoms with van der Waals surface area (Å²) in [7, 11) is 3.72. The minimum Gasteiger partial charge on any atom is -0.409 e. The number of rotatable bonds is 3. The molecule has 1 heterocycles. The van der Waals surface area contributed by atoms with Crippen LogP contribution in [0.3, 0.4) is 0 Å². The topological polar surface area (TPSA) is 94.2 Å². The summed E-state index contributed by atoms with van der Waals surface area (Å²) in [6.45, 7) is 4.10. The lowest BCUT2D eigenvalue weighted by Crippen LogP contribution is -2.63. The normalized spacial score (nSPS) is 20.5. The lowest BCUT2D eigenvalue weighted by atomic mass is 9.86. The van der Waals surface area contributed by atoms with Crippen LogP contribution in [-0.2, 0) is 0 Å². The third kappa shape index (κ3) is 3.04. The van der Waals surface area contributed by atoms with Crippen LogP contribution >= 0.6 is 0 Å². The van der Waals surface area contributed by atoms with Crippen molar-refractivity contribution in [1.82, 2.24) is 15.1 Å². The number of hydrogen-bond donors (Lipinski definition) is 3. The molecule has 0 spiro atoms. The van der Waals surface area contributed by atoms with E-state index in [1.165, 1.54) is 0 Å². The number of carbonyl (C=O) groups excluding carboxylic acids is 1. The van der Waals surface area contributed by atoms with Crippen LogP contribution in [0, 0.1) is 0 Å². The number of urea groups is 1. The Morgan fingerprint density at radius 2 is 2.11 bits per heavy atom. The third-order valence-corrected chi connectivity index (χ3v) is 3.61. The van der Waals surface area contributed by atoms with Crippen LogP contribution in [0.5, 0.6) is 0 Å². The van der Waals surface area contributed by atoms with Gasteiger partial charge in [-0.3, -0.25) is 0 Å². The van der Waals surface area contributed by atoms with E-state index in [2.05, 4.69) is 15.4 Å². The Bertz CT molecular complexity index is 323. The quantitative estimate of drug-likeness (QED) is 0.284. The summed E-state index contributed by atoms with van der Waals surface area (Å²) in [5, 5.41) is 14.9. The van der Waals surface area contributed by atoms with Crippen molar-refractivity contribution in [3.05, 3.63) is 0 Å². The predicted octanol–water partition coefficient (Wildman–Crippen LogP) is -0.141. The molecule has 1 rings (SSSR count). The van der Waals surface area contributed by atoms with Gasteiger partial charge in [0.2, 0.25) is 0 Å². The third-order valence-electron chi connectivity index (χ3n) is 3.61.